The van der Waals surface area contributed by atoms with Crippen molar-refractivity contribution in [2.45, 2.75) is 58.4 Å². The van der Waals surface area contributed by atoms with E-state index in [2.05, 4.69) is 0 Å². The number of phenols is 1. The van der Waals surface area contributed by atoms with Gasteiger partial charge in [-0.3, -0.25) is 23.7 Å². The standard InChI is InChI=1S/C23H25NO12/c1-10(25)24-9-17(15-8-14(29)6-7-16(15)24)35-23-21(34-13(4)28)19(33-12(3)27)18(32-11(2)26)20(36-23)22(30)31-5/h6-9,18-21,23,29H,1-5H3/t18-,19-,20-,21+,23+/m0/s1. The Morgan fingerprint density at radius 3 is 2.03 bits per heavy atom. The molecule has 194 valence electrons. The predicted octanol–water partition coefficient (Wildman–Crippen LogP) is 1.08. The van der Waals surface area contributed by atoms with Crippen molar-refractivity contribution >= 4 is 40.7 Å². The molecule has 2 aromatic rings. The minimum atomic E-state index is -1.64. The van der Waals surface area contributed by atoms with E-state index in [1.165, 1.54) is 35.9 Å². The Bertz CT molecular complexity index is 1200. The van der Waals surface area contributed by atoms with Crippen LogP contribution in [0.1, 0.15) is 32.5 Å². The minimum Gasteiger partial charge on any atom is -0.508 e. The van der Waals surface area contributed by atoms with E-state index in [0.717, 1.165) is 27.9 Å². The summed E-state index contributed by atoms with van der Waals surface area (Å²) >= 11 is 0. The Kier molecular flexibility index (Phi) is 7.83. The second kappa shape index (κ2) is 10.6. The average molecular weight is 507 g/mol. The van der Waals surface area contributed by atoms with Crippen molar-refractivity contribution in [3.05, 3.63) is 24.4 Å². The van der Waals surface area contributed by atoms with E-state index in [1.54, 1.807) is 0 Å². The summed E-state index contributed by atoms with van der Waals surface area (Å²) in [5, 5.41) is 10.3. The van der Waals surface area contributed by atoms with Gasteiger partial charge in [0.15, 0.2) is 18.3 Å². The zero-order valence-corrected chi connectivity index (χ0v) is 20.1. The Labute approximate surface area is 204 Å². The second-order valence-electron chi connectivity index (χ2n) is 7.87. The molecule has 3 rings (SSSR count). The minimum absolute atomic E-state index is 0.00868. The number of esters is 4. The highest BCUT2D eigenvalue weighted by molar-refractivity contribution is 5.96. The van der Waals surface area contributed by atoms with Gasteiger partial charge in [0.2, 0.25) is 18.3 Å². The van der Waals surface area contributed by atoms with Gasteiger partial charge in [-0.25, -0.2) is 4.79 Å². The van der Waals surface area contributed by atoms with E-state index < -0.39 is 54.6 Å². The summed E-state index contributed by atoms with van der Waals surface area (Å²) < 4.78 is 33.5. The lowest BCUT2D eigenvalue weighted by atomic mass is 9.97. The van der Waals surface area contributed by atoms with Crippen LogP contribution in [0, 0.1) is 0 Å². The number of phenolic OH excluding ortho intramolecular Hbond substituents is 1. The van der Waals surface area contributed by atoms with Gasteiger partial charge < -0.3 is 33.5 Å². The maximum atomic E-state index is 12.5. The number of fused-ring (bicyclic) bond motifs is 1. The molecule has 0 saturated carbocycles. The summed E-state index contributed by atoms with van der Waals surface area (Å²) in [6.07, 6.45) is -6.55. The largest absolute Gasteiger partial charge is 0.508 e. The van der Waals surface area contributed by atoms with Gasteiger partial charge in [0.25, 0.3) is 0 Å². The summed E-state index contributed by atoms with van der Waals surface area (Å²) in [5.41, 5.74) is 0.383. The maximum Gasteiger partial charge on any atom is 0.339 e. The van der Waals surface area contributed by atoms with Gasteiger partial charge in [-0.2, -0.15) is 0 Å². The predicted molar refractivity (Wildman–Crippen MR) is 118 cm³/mol. The van der Waals surface area contributed by atoms with Gasteiger partial charge in [-0.15, -0.1) is 0 Å². The Hall–Kier alpha value is -4.13. The first-order valence-electron chi connectivity index (χ1n) is 10.7. The molecule has 1 aliphatic rings. The average Bonchev–Trinajstić information content (AvgIpc) is 3.13. The first-order valence-corrected chi connectivity index (χ1v) is 10.7. The highest BCUT2D eigenvalue weighted by Crippen LogP contribution is 2.36. The molecule has 0 spiro atoms. The third kappa shape index (κ3) is 5.57. The van der Waals surface area contributed by atoms with Crippen molar-refractivity contribution in [2.75, 3.05) is 7.11 Å². The molecule has 1 aliphatic heterocycles. The van der Waals surface area contributed by atoms with Crippen molar-refractivity contribution in [1.82, 2.24) is 4.57 Å². The van der Waals surface area contributed by atoms with Crippen molar-refractivity contribution in [2.24, 2.45) is 0 Å². The molecular weight excluding hydrogens is 482 g/mol. The number of methoxy groups -OCH3 is 1. The smallest absolute Gasteiger partial charge is 0.339 e. The zero-order chi connectivity index (χ0) is 26.7. The van der Waals surface area contributed by atoms with Crippen LogP contribution in [-0.2, 0) is 42.9 Å². The van der Waals surface area contributed by atoms with Gasteiger partial charge in [0.1, 0.15) is 11.5 Å². The first kappa shape index (κ1) is 26.5. The van der Waals surface area contributed by atoms with E-state index >= 15 is 0 Å². The van der Waals surface area contributed by atoms with Crippen molar-refractivity contribution in [3.8, 4) is 11.5 Å². The molecular formula is C23H25NO12. The van der Waals surface area contributed by atoms with Crippen LogP contribution < -0.4 is 4.74 Å². The Morgan fingerprint density at radius 2 is 1.47 bits per heavy atom. The maximum absolute atomic E-state index is 12.5. The number of carbonyl (C=O) groups excluding carboxylic acids is 5. The van der Waals surface area contributed by atoms with Crippen molar-refractivity contribution < 1.29 is 57.5 Å². The van der Waals surface area contributed by atoms with Gasteiger partial charge in [-0.05, 0) is 18.2 Å². The normalized spacial score (nSPS) is 23.4. The molecule has 13 nitrogen and oxygen atoms in total. The van der Waals surface area contributed by atoms with Crippen LogP contribution in [0.4, 0.5) is 0 Å². The molecule has 0 aliphatic carbocycles. The topological polar surface area (TPSA) is 166 Å². The van der Waals surface area contributed by atoms with Crippen molar-refractivity contribution in [1.29, 1.82) is 0 Å². The fourth-order valence-corrected chi connectivity index (χ4v) is 3.84. The number of rotatable bonds is 6. The molecule has 1 fully saturated rings. The molecule has 0 amide bonds. The van der Waals surface area contributed by atoms with E-state index in [0.29, 0.717) is 5.52 Å². The van der Waals surface area contributed by atoms with Crippen LogP contribution in [0.2, 0.25) is 0 Å². The quantitative estimate of drug-likeness (QED) is 0.437. The summed E-state index contributed by atoms with van der Waals surface area (Å²) in [4.78, 5) is 60.3. The molecule has 1 aromatic heterocycles. The Balaban J connectivity index is 2.13. The summed E-state index contributed by atoms with van der Waals surface area (Å²) in [5.74, 6) is -3.98. The van der Waals surface area contributed by atoms with Crippen LogP contribution in [0.3, 0.4) is 0 Å². The lowest BCUT2D eigenvalue weighted by Gasteiger charge is -2.43. The molecule has 2 heterocycles. The highest BCUT2D eigenvalue weighted by Gasteiger charge is 2.56. The number of ether oxygens (including phenoxy) is 6. The van der Waals surface area contributed by atoms with E-state index in [1.807, 2.05) is 0 Å². The Morgan fingerprint density at radius 1 is 0.889 bits per heavy atom. The summed E-state index contributed by atoms with van der Waals surface area (Å²) in [6.45, 7) is 4.51. The first-order chi connectivity index (χ1) is 16.9. The van der Waals surface area contributed by atoms with Gasteiger partial charge in [-0.1, -0.05) is 0 Å². The highest BCUT2D eigenvalue weighted by atomic mass is 16.7. The molecule has 0 bridgehead atoms. The summed E-state index contributed by atoms with van der Waals surface area (Å²) in [7, 11) is 1.06. The molecule has 0 radical (unpaired) electrons. The van der Waals surface area contributed by atoms with E-state index in [4.69, 9.17) is 28.4 Å². The fraction of sp³-hybridized carbons (Fsp3) is 0.435. The third-order valence-electron chi connectivity index (χ3n) is 5.17. The van der Waals surface area contributed by atoms with Crippen LogP contribution >= 0.6 is 0 Å². The van der Waals surface area contributed by atoms with E-state index in [9.17, 15) is 29.1 Å². The molecule has 36 heavy (non-hydrogen) atoms. The molecule has 1 saturated heterocycles. The molecule has 0 unspecified atom stereocenters. The number of benzene rings is 1. The van der Waals surface area contributed by atoms with Crippen LogP contribution in [0.25, 0.3) is 10.9 Å². The molecule has 13 heteroatoms. The van der Waals surface area contributed by atoms with Gasteiger partial charge in [0, 0.05) is 33.1 Å². The third-order valence-corrected chi connectivity index (χ3v) is 5.17. The lowest BCUT2D eigenvalue weighted by molar-refractivity contribution is -0.282. The second-order valence-corrected chi connectivity index (χ2v) is 7.87. The number of aromatic nitrogens is 1. The molecule has 5 atom stereocenters. The fourth-order valence-electron chi connectivity index (χ4n) is 3.84. The zero-order valence-electron chi connectivity index (χ0n) is 20.1. The van der Waals surface area contributed by atoms with Gasteiger partial charge >= 0.3 is 23.9 Å². The van der Waals surface area contributed by atoms with E-state index in [-0.39, 0.29) is 22.8 Å². The lowest BCUT2D eigenvalue weighted by Crippen LogP contribution is -2.64. The SMILES string of the molecule is COC(=O)[C@H]1O[C@@H](Oc2cn(C(C)=O)c3ccc(O)cc23)[C@H](OC(C)=O)[C@@H](OC(C)=O)[C@@H]1OC(C)=O. The molecule has 1 N–H and O–H groups in total. The van der Waals surface area contributed by atoms with Crippen LogP contribution in [0.15, 0.2) is 24.4 Å². The van der Waals surface area contributed by atoms with Gasteiger partial charge in [0.05, 0.1) is 18.8 Å². The number of aromatic hydroxyl groups is 1. The van der Waals surface area contributed by atoms with Crippen molar-refractivity contribution in [3.63, 3.8) is 0 Å². The number of hydrogen-bond donors (Lipinski definition) is 1. The summed E-state index contributed by atoms with van der Waals surface area (Å²) in [6, 6.07) is 4.19. The molecule has 1 aromatic carbocycles. The number of carbonyl (C=O) groups is 5. The monoisotopic (exact) mass is 507 g/mol. The number of nitrogens with zero attached hydrogens (tertiary/aromatic N) is 1. The van der Waals surface area contributed by atoms with Crippen LogP contribution in [0.5, 0.6) is 11.5 Å². The number of hydrogen-bond acceptors (Lipinski definition) is 12. The van der Waals surface area contributed by atoms with Crippen LogP contribution in [-0.4, -0.2) is 77.3 Å².